The van der Waals surface area contributed by atoms with Crippen LogP contribution in [0.4, 0.5) is 8.78 Å². The first-order valence-corrected chi connectivity index (χ1v) is 6.75. The highest BCUT2D eigenvalue weighted by atomic mass is 32.1. The van der Waals surface area contributed by atoms with Crippen LogP contribution in [0.5, 0.6) is 0 Å². The second kappa shape index (κ2) is 6.07. The Hall–Kier alpha value is -1.26. The Labute approximate surface area is 109 Å². The van der Waals surface area contributed by atoms with Gasteiger partial charge in [-0.15, -0.1) is 11.3 Å². The van der Waals surface area contributed by atoms with Crippen molar-refractivity contribution in [3.63, 3.8) is 0 Å². The molecule has 0 bridgehead atoms. The third-order valence-electron chi connectivity index (χ3n) is 2.79. The van der Waals surface area contributed by atoms with Crippen molar-refractivity contribution in [2.45, 2.75) is 19.4 Å². The van der Waals surface area contributed by atoms with Gasteiger partial charge in [-0.05, 0) is 42.5 Å². The van der Waals surface area contributed by atoms with Gasteiger partial charge in [0.15, 0.2) is 0 Å². The van der Waals surface area contributed by atoms with Gasteiger partial charge in [0.1, 0.15) is 11.6 Å². The van der Waals surface area contributed by atoms with Gasteiger partial charge in [-0.1, -0.05) is 6.07 Å². The molecule has 1 nitrogen and oxygen atoms in total. The van der Waals surface area contributed by atoms with Crippen LogP contribution in [0.25, 0.3) is 0 Å². The molecule has 1 aromatic heterocycles. The van der Waals surface area contributed by atoms with E-state index in [-0.39, 0.29) is 6.04 Å². The Morgan fingerprint density at radius 3 is 2.56 bits per heavy atom. The molecule has 0 spiro atoms. The molecule has 0 aliphatic heterocycles. The largest absolute Gasteiger partial charge is 0.310 e. The zero-order valence-electron chi connectivity index (χ0n) is 10.1. The number of nitrogens with one attached hydrogen (secondary N) is 1. The van der Waals surface area contributed by atoms with Crippen molar-refractivity contribution in [3.8, 4) is 0 Å². The molecule has 0 aliphatic rings. The molecular weight excluding hydrogens is 252 g/mol. The Kier molecular flexibility index (Phi) is 4.44. The molecule has 1 atom stereocenters. The van der Waals surface area contributed by atoms with E-state index in [1.54, 1.807) is 11.3 Å². The Morgan fingerprint density at radius 2 is 1.94 bits per heavy atom. The maximum Gasteiger partial charge on any atom is 0.126 e. The fourth-order valence-corrected chi connectivity index (χ4v) is 2.52. The molecule has 2 rings (SSSR count). The summed E-state index contributed by atoms with van der Waals surface area (Å²) in [5, 5.41) is 5.31. The van der Waals surface area contributed by atoms with Gasteiger partial charge in [0, 0.05) is 23.5 Å². The first-order valence-electron chi connectivity index (χ1n) is 5.87. The zero-order valence-corrected chi connectivity index (χ0v) is 10.9. The summed E-state index contributed by atoms with van der Waals surface area (Å²) in [7, 11) is 0. The van der Waals surface area contributed by atoms with E-state index in [0.29, 0.717) is 5.56 Å². The van der Waals surface area contributed by atoms with Gasteiger partial charge in [0.05, 0.1) is 0 Å². The van der Waals surface area contributed by atoms with Gasteiger partial charge < -0.3 is 5.32 Å². The lowest BCUT2D eigenvalue weighted by molar-refractivity contribution is 0.548. The fraction of sp³-hybridized carbons (Fsp3) is 0.286. The molecule has 1 aromatic carbocycles. The molecule has 0 fully saturated rings. The summed E-state index contributed by atoms with van der Waals surface area (Å²) < 4.78 is 26.1. The third kappa shape index (κ3) is 3.62. The lowest BCUT2D eigenvalue weighted by atomic mass is 10.1. The molecule has 1 unspecified atom stereocenters. The maximum atomic E-state index is 13.1. The smallest absolute Gasteiger partial charge is 0.126 e. The molecule has 2 aromatic rings. The Bertz CT molecular complexity index is 476. The Balaban J connectivity index is 1.89. The van der Waals surface area contributed by atoms with E-state index in [1.165, 1.54) is 17.0 Å². The fourth-order valence-electron chi connectivity index (χ4n) is 1.81. The minimum Gasteiger partial charge on any atom is -0.310 e. The second-order valence-corrected chi connectivity index (χ2v) is 5.24. The average molecular weight is 267 g/mol. The Morgan fingerprint density at radius 1 is 1.22 bits per heavy atom. The van der Waals surface area contributed by atoms with E-state index in [1.807, 2.05) is 18.4 Å². The second-order valence-electron chi connectivity index (χ2n) is 4.21. The maximum absolute atomic E-state index is 13.1. The summed E-state index contributed by atoms with van der Waals surface area (Å²) in [5.74, 6) is -1.06. The molecule has 4 heteroatoms. The van der Waals surface area contributed by atoms with E-state index < -0.39 is 11.6 Å². The molecule has 96 valence electrons. The van der Waals surface area contributed by atoms with E-state index >= 15 is 0 Å². The van der Waals surface area contributed by atoms with Gasteiger partial charge >= 0.3 is 0 Å². The third-order valence-corrected chi connectivity index (χ3v) is 3.72. The van der Waals surface area contributed by atoms with Gasteiger partial charge in [0.25, 0.3) is 0 Å². The molecule has 0 aliphatic carbocycles. The standard InChI is InChI=1S/C14H15F2NS/c1-10(11-7-12(15)9-13(16)8-11)17-5-4-14-3-2-6-18-14/h2-3,6-10,17H,4-5H2,1H3. The summed E-state index contributed by atoms with van der Waals surface area (Å²) in [5.41, 5.74) is 0.638. The number of hydrogen-bond donors (Lipinski definition) is 1. The molecule has 0 saturated carbocycles. The van der Waals surface area contributed by atoms with E-state index in [0.717, 1.165) is 19.0 Å². The van der Waals surface area contributed by atoms with Crippen LogP contribution in [0.15, 0.2) is 35.7 Å². The number of rotatable bonds is 5. The number of benzene rings is 1. The van der Waals surface area contributed by atoms with Gasteiger partial charge in [-0.25, -0.2) is 8.78 Å². The molecule has 0 saturated heterocycles. The van der Waals surface area contributed by atoms with Crippen molar-refractivity contribution in [1.29, 1.82) is 0 Å². The molecule has 0 amide bonds. The highest BCUT2D eigenvalue weighted by Gasteiger charge is 2.08. The highest BCUT2D eigenvalue weighted by molar-refractivity contribution is 7.09. The molecule has 1 heterocycles. The summed E-state index contributed by atoms with van der Waals surface area (Å²) in [6, 6.07) is 7.67. The average Bonchev–Trinajstić information content (AvgIpc) is 2.80. The summed E-state index contributed by atoms with van der Waals surface area (Å²) in [6.07, 6.45) is 0.930. The van der Waals surface area contributed by atoms with Crippen LogP contribution in [0, 0.1) is 11.6 Å². The molecule has 18 heavy (non-hydrogen) atoms. The number of thiophene rings is 1. The number of hydrogen-bond acceptors (Lipinski definition) is 2. The van der Waals surface area contributed by atoms with Crippen molar-refractivity contribution in [2.24, 2.45) is 0 Å². The summed E-state index contributed by atoms with van der Waals surface area (Å²) in [6.45, 7) is 2.70. The molecule has 0 radical (unpaired) electrons. The lowest BCUT2D eigenvalue weighted by Crippen LogP contribution is -2.21. The first kappa shape index (κ1) is 13.2. The normalized spacial score (nSPS) is 12.6. The van der Waals surface area contributed by atoms with Crippen molar-refractivity contribution in [3.05, 3.63) is 57.8 Å². The topological polar surface area (TPSA) is 12.0 Å². The minimum absolute atomic E-state index is 0.0600. The van der Waals surface area contributed by atoms with E-state index in [2.05, 4.69) is 11.4 Å². The van der Waals surface area contributed by atoms with Gasteiger partial charge in [0.2, 0.25) is 0 Å². The minimum atomic E-state index is -0.531. The summed E-state index contributed by atoms with van der Waals surface area (Å²) >= 11 is 1.72. The first-order chi connectivity index (χ1) is 8.65. The van der Waals surface area contributed by atoms with Crippen LogP contribution in [0.1, 0.15) is 23.4 Å². The van der Waals surface area contributed by atoms with Crippen molar-refractivity contribution in [2.75, 3.05) is 6.54 Å². The lowest BCUT2D eigenvalue weighted by Gasteiger charge is -2.14. The van der Waals surface area contributed by atoms with Crippen LogP contribution in [0.2, 0.25) is 0 Å². The zero-order chi connectivity index (χ0) is 13.0. The van der Waals surface area contributed by atoms with Crippen LogP contribution in [-0.4, -0.2) is 6.54 Å². The quantitative estimate of drug-likeness (QED) is 0.865. The predicted molar refractivity (Wildman–Crippen MR) is 70.8 cm³/mol. The van der Waals surface area contributed by atoms with Gasteiger partial charge in [-0.2, -0.15) is 0 Å². The molecule has 1 N–H and O–H groups in total. The van der Waals surface area contributed by atoms with Crippen LogP contribution >= 0.6 is 11.3 Å². The van der Waals surface area contributed by atoms with E-state index in [9.17, 15) is 8.78 Å². The van der Waals surface area contributed by atoms with Crippen LogP contribution in [-0.2, 0) is 6.42 Å². The SMILES string of the molecule is CC(NCCc1cccs1)c1cc(F)cc(F)c1. The predicted octanol–water partition coefficient (Wildman–Crippen LogP) is 3.92. The van der Waals surface area contributed by atoms with Crippen molar-refractivity contribution >= 4 is 11.3 Å². The van der Waals surface area contributed by atoms with Crippen LogP contribution in [0.3, 0.4) is 0 Å². The van der Waals surface area contributed by atoms with Gasteiger partial charge in [-0.3, -0.25) is 0 Å². The number of halogens is 2. The van der Waals surface area contributed by atoms with Crippen LogP contribution < -0.4 is 5.32 Å². The highest BCUT2D eigenvalue weighted by Crippen LogP contribution is 2.16. The van der Waals surface area contributed by atoms with Crippen molar-refractivity contribution in [1.82, 2.24) is 5.32 Å². The molecular formula is C14H15F2NS. The van der Waals surface area contributed by atoms with Crippen molar-refractivity contribution < 1.29 is 8.78 Å². The van der Waals surface area contributed by atoms with E-state index in [4.69, 9.17) is 0 Å². The monoisotopic (exact) mass is 267 g/mol. The summed E-state index contributed by atoms with van der Waals surface area (Å²) in [4.78, 5) is 1.31.